The van der Waals surface area contributed by atoms with Crippen molar-refractivity contribution in [3.63, 3.8) is 0 Å². The van der Waals surface area contributed by atoms with Crippen molar-refractivity contribution < 1.29 is 27.9 Å². The Morgan fingerprint density at radius 3 is 2.73 bits per heavy atom. The summed E-state index contributed by atoms with van der Waals surface area (Å²) < 4.78 is 32.5. The van der Waals surface area contributed by atoms with E-state index in [0.717, 1.165) is 11.1 Å². The molecular weight excluding hydrogens is 360 g/mol. The van der Waals surface area contributed by atoms with Crippen LogP contribution in [-0.4, -0.2) is 49.4 Å². The largest absolute Gasteiger partial charge is 0.481 e. The minimum Gasteiger partial charge on any atom is -0.481 e. The molecule has 1 fully saturated rings. The number of ether oxygens (including phenoxy) is 1. The summed E-state index contributed by atoms with van der Waals surface area (Å²) in [6.45, 7) is 2.39. The Labute approximate surface area is 152 Å². The number of hydrogen-bond donors (Lipinski definition) is 2. The van der Waals surface area contributed by atoms with Gasteiger partial charge in [-0.3, -0.25) is 9.59 Å². The van der Waals surface area contributed by atoms with Crippen molar-refractivity contribution in [3.05, 3.63) is 29.3 Å². The summed E-state index contributed by atoms with van der Waals surface area (Å²) >= 11 is 0. The van der Waals surface area contributed by atoms with Crippen molar-refractivity contribution in [2.24, 2.45) is 5.92 Å². The molecule has 3 rings (SSSR count). The number of hydrogen-bond acceptors (Lipinski definition) is 5. The normalized spacial score (nSPS) is 22.9. The fourth-order valence-electron chi connectivity index (χ4n) is 3.31. The second-order valence-electron chi connectivity index (χ2n) is 6.76. The minimum absolute atomic E-state index is 0.0876. The molecule has 1 aromatic carbocycles. The zero-order valence-electron chi connectivity index (χ0n) is 14.5. The maximum Gasteiger partial charge on any atom is 0.308 e. The third-order valence-corrected chi connectivity index (χ3v) is 6.37. The molecule has 0 saturated carbocycles. The van der Waals surface area contributed by atoms with Gasteiger partial charge in [-0.05, 0) is 43.0 Å². The average molecular weight is 382 g/mol. The number of carbonyl (C=O) groups is 2. The zero-order valence-corrected chi connectivity index (χ0v) is 15.3. The van der Waals surface area contributed by atoms with Gasteiger partial charge in [0, 0.05) is 12.6 Å². The monoisotopic (exact) mass is 382 g/mol. The lowest BCUT2D eigenvalue weighted by Gasteiger charge is -2.36. The maximum atomic E-state index is 12.5. The van der Waals surface area contributed by atoms with Gasteiger partial charge in [0.25, 0.3) is 0 Å². The van der Waals surface area contributed by atoms with Gasteiger partial charge in [0.2, 0.25) is 15.9 Å². The van der Waals surface area contributed by atoms with Crippen molar-refractivity contribution in [1.29, 1.82) is 0 Å². The van der Waals surface area contributed by atoms with E-state index in [-0.39, 0.29) is 17.5 Å². The Morgan fingerprint density at radius 1 is 1.27 bits per heavy atom. The number of carbonyl (C=O) groups excluding carboxylic acids is 1. The molecule has 1 amide bonds. The molecule has 2 N–H and O–H groups in total. The molecule has 0 spiro atoms. The van der Waals surface area contributed by atoms with E-state index >= 15 is 0 Å². The van der Waals surface area contributed by atoms with E-state index in [1.807, 2.05) is 6.92 Å². The molecule has 2 heterocycles. The molecule has 8 nitrogen and oxygen atoms in total. The third-order valence-electron chi connectivity index (χ3n) is 4.97. The lowest BCUT2D eigenvalue weighted by molar-refractivity contribution is -0.146. The van der Waals surface area contributed by atoms with Crippen LogP contribution in [0.25, 0.3) is 0 Å². The predicted molar refractivity (Wildman–Crippen MR) is 91.7 cm³/mol. The quantitative estimate of drug-likeness (QED) is 0.775. The van der Waals surface area contributed by atoms with Gasteiger partial charge in [0.15, 0.2) is 0 Å². The lowest BCUT2D eigenvalue weighted by Crippen LogP contribution is -2.50. The van der Waals surface area contributed by atoms with Gasteiger partial charge in [-0.1, -0.05) is 6.07 Å². The van der Waals surface area contributed by atoms with Crippen LogP contribution in [0.5, 0.6) is 0 Å². The summed E-state index contributed by atoms with van der Waals surface area (Å²) in [6, 6.07) is 4.64. The summed E-state index contributed by atoms with van der Waals surface area (Å²) in [5, 5.41) is 9.15. The minimum atomic E-state index is -3.83. The molecule has 0 aromatic heterocycles. The topological polar surface area (TPSA) is 113 Å². The number of nitrogens with one attached hydrogen (secondary N) is 1. The van der Waals surface area contributed by atoms with Crippen LogP contribution in [0, 0.1) is 5.92 Å². The second kappa shape index (κ2) is 7.34. The van der Waals surface area contributed by atoms with Gasteiger partial charge in [0.05, 0.1) is 30.6 Å². The second-order valence-corrected chi connectivity index (χ2v) is 8.52. The number of sulfonamides is 1. The standard InChI is InChI=1S/C17H22N2O6S/c1-11-2-3-12(17(21)22)8-19(11)16(20)7-18-26(23,24)15-5-4-13-9-25-10-14(13)6-15/h4-6,11-12,18H,2-3,7-10H2,1H3,(H,21,22). The highest BCUT2D eigenvalue weighted by atomic mass is 32.2. The van der Waals surface area contributed by atoms with Gasteiger partial charge in [-0.25, -0.2) is 13.1 Å². The van der Waals surface area contributed by atoms with Crippen LogP contribution in [0.3, 0.4) is 0 Å². The molecule has 2 aliphatic heterocycles. The number of amides is 1. The highest BCUT2D eigenvalue weighted by molar-refractivity contribution is 7.89. The Hall–Kier alpha value is -1.97. The first-order chi connectivity index (χ1) is 12.3. The number of fused-ring (bicyclic) bond motifs is 1. The van der Waals surface area contributed by atoms with Crippen LogP contribution < -0.4 is 4.72 Å². The number of aliphatic carboxylic acids is 1. The van der Waals surface area contributed by atoms with E-state index in [2.05, 4.69) is 4.72 Å². The highest BCUT2D eigenvalue weighted by Crippen LogP contribution is 2.24. The Morgan fingerprint density at radius 2 is 2.00 bits per heavy atom. The number of nitrogens with zero attached hydrogens (tertiary/aromatic N) is 1. The Balaban J connectivity index is 1.65. The molecule has 2 aliphatic rings. The maximum absolute atomic E-state index is 12.5. The van der Waals surface area contributed by atoms with E-state index in [0.29, 0.717) is 26.1 Å². The molecule has 142 valence electrons. The molecule has 0 bridgehead atoms. The van der Waals surface area contributed by atoms with Crippen LogP contribution in [0.4, 0.5) is 0 Å². The molecule has 1 aromatic rings. The summed E-state index contributed by atoms with van der Waals surface area (Å²) in [5.74, 6) is -1.96. The van der Waals surface area contributed by atoms with Crippen molar-refractivity contribution in [3.8, 4) is 0 Å². The lowest BCUT2D eigenvalue weighted by atomic mass is 9.93. The smallest absolute Gasteiger partial charge is 0.308 e. The molecule has 0 radical (unpaired) electrons. The van der Waals surface area contributed by atoms with Crippen LogP contribution in [-0.2, 0) is 37.6 Å². The molecule has 2 unspecified atom stereocenters. The number of likely N-dealkylation sites (tertiary alicyclic amines) is 1. The van der Waals surface area contributed by atoms with Gasteiger partial charge in [0.1, 0.15) is 0 Å². The van der Waals surface area contributed by atoms with Gasteiger partial charge < -0.3 is 14.7 Å². The molecule has 26 heavy (non-hydrogen) atoms. The Bertz CT molecular complexity index is 823. The molecular formula is C17H22N2O6S. The van der Waals surface area contributed by atoms with Gasteiger partial charge in [-0.2, -0.15) is 0 Å². The first-order valence-corrected chi connectivity index (χ1v) is 9.98. The fourth-order valence-corrected chi connectivity index (χ4v) is 4.34. The summed E-state index contributed by atoms with van der Waals surface area (Å²) in [6.07, 6.45) is 1.10. The van der Waals surface area contributed by atoms with Crippen LogP contribution in [0.1, 0.15) is 30.9 Å². The number of rotatable bonds is 5. The summed E-state index contributed by atoms with van der Waals surface area (Å²) in [7, 11) is -3.83. The van der Waals surface area contributed by atoms with E-state index in [9.17, 15) is 18.0 Å². The van der Waals surface area contributed by atoms with Crippen molar-refractivity contribution in [1.82, 2.24) is 9.62 Å². The van der Waals surface area contributed by atoms with Gasteiger partial charge in [-0.15, -0.1) is 0 Å². The Kier molecular flexibility index (Phi) is 5.31. The van der Waals surface area contributed by atoms with Gasteiger partial charge >= 0.3 is 5.97 Å². The molecule has 0 aliphatic carbocycles. The molecule has 2 atom stereocenters. The van der Waals surface area contributed by atoms with E-state index < -0.39 is 34.4 Å². The number of carboxylic acids is 1. The van der Waals surface area contributed by atoms with E-state index in [1.54, 1.807) is 12.1 Å². The number of piperidine rings is 1. The number of benzene rings is 1. The average Bonchev–Trinajstić information content (AvgIpc) is 3.07. The van der Waals surface area contributed by atoms with E-state index in [4.69, 9.17) is 9.84 Å². The first kappa shape index (κ1) is 18.8. The van der Waals surface area contributed by atoms with Crippen LogP contribution >= 0.6 is 0 Å². The fraction of sp³-hybridized carbons (Fsp3) is 0.529. The first-order valence-electron chi connectivity index (χ1n) is 8.49. The summed E-state index contributed by atoms with van der Waals surface area (Å²) in [4.78, 5) is 25.1. The highest BCUT2D eigenvalue weighted by Gasteiger charge is 2.33. The number of carboxylic acid groups (broad SMARTS) is 1. The van der Waals surface area contributed by atoms with Crippen molar-refractivity contribution >= 4 is 21.9 Å². The van der Waals surface area contributed by atoms with E-state index in [1.165, 1.54) is 11.0 Å². The SMILES string of the molecule is CC1CCC(C(=O)O)CN1C(=O)CNS(=O)(=O)c1ccc2c(c1)COC2. The van der Waals surface area contributed by atoms with Crippen LogP contribution in [0.15, 0.2) is 23.1 Å². The predicted octanol–water partition coefficient (Wildman–Crippen LogP) is 0.707. The zero-order chi connectivity index (χ0) is 18.9. The van der Waals surface area contributed by atoms with Crippen molar-refractivity contribution in [2.45, 2.75) is 43.9 Å². The molecule has 1 saturated heterocycles. The molecule has 9 heteroatoms. The van der Waals surface area contributed by atoms with Crippen LogP contribution in [0.2, 0.25) is 0 Å². The summed E-state index contributed by atoms with van der Waals surface area (Å²) in [5.41, 5.74) is 1.79. The third kappa shape index (κ3) is 3.89. The van der Waals surface area contributed by atoms with Crippen molar-refractivity contribution in [2.75, 3.05) is 13.1 Å².